The van der Waals surface area contributed by atoms with E-state index in [-0.39, 0.29) is 25.4 Å². The Hall–Kier alpha value is -1.75. The first-order valence-electron chi connectivity index (χ1n) is 11.8. The molecular weight excluding hydrogens is 430 g/mol. The Labute approximate surface area is 200 Å². The Kier molecular flexibility index (Phi) is 33.0. The molecule has 33 heavy (non-hydrogen) atoms. The quantitative estimate of drug-likeness (QED) is 0.286. The minimum Gasteiger partial charge on any atom is -0.481 e. The van der Waals surface area contributed by atoms with Crippen LogP contribution in [0, 0.1) is 0 Å². The van der Waals surface area contributed by atoms with Gasteiger partial charge in [0.25, 0.3) is 0 Å². The lowest BCUT2D eigenvalue weighted by atomic mass is 10.2. The molecule has 7 N–H and O–H groups in total. The number of nitrogens with one attached hydrogen (secondary N) is 3. The lowest BCUT2D eigenvalue weighted by molar-refractivity contribution is -0.137. The fraction of sp³-hybridized carbons (Fsp3) is 0.870. The monoisotopic (exact) mass is 481 g/mol. The molecule has 0 aromatic heterocycles. The summed E-state index contributed by atoms with van der Waals surface area (Å²) in [5.41, 5.74) is 0. The van der Waals surface area contributed by atoms with Crippen molar-refractivity contribution in [2.45, 2.75) is 112 Å². The molecule has 10 nitrogen and oxygen atoms in total. The zero-order valence-electron chi connectivity index (χ0n) is 22.0. The standard InChI is InChI=1S/C5H12O.3C3H7N.3C3H6O2/c1-3-4-5(2)6;3*1-3-2-4-3;3*1-2-3(4)5/h5-6H,3-4H2,1-2H3;3*3-4H,2H2,1H3;3*2H2,1H3,(H,4,5). The van der Waals surface area contributed by atoms with Crippen molar-refractivity contribution in [2.24, 2.45) is 0 Å². The first-order chi connectivity index (χ1) is 15.3. The largest absolute Gasteiger partial charge is 0.481 e. The Morgan fingerprint density at radius 3 is 0.848 bits per heavy atom. The van der Waals surface area contributed by atoms with E-state index < -0.39 is 17.9 Å². The number of rotatable bonds is 5. The van der Waals surface area contributed by atoms with Gasteiger partial charge in [0, 0.05) is 57.0 Å². The second-order valence-electron chi connectivity index (χ2n) is 7.81. The highest BCUT2D eigenvalue weighted by Gasteiger charge is 2.11. The van der Waals surface area contributed by atoms with Crippen LogP contribution >= 0.6 is 0 Å². The first kappa shape index (κ1) is 38.5. The topological polar surface area (TPSA) is 198 Å². The third-order valence-electron chi connectivity index (χ3n) is 3.45. The average Bonchev–Trinajstić information content (AvgIpc) is 3.61. The van der Waals surface area contributed by atoms with Gasteiger partial charge in [-0.2, -0.15) is 0 Å². The van der Waals surface area contributed by atoms with Crippen LogP contribution in [0.15, 0.2) is 0 Å². The lowest BCUT2D eigenvalue weighted by Gasteiger charge is -1.95. The van der Waals surface area contributed by atoms with E-state index in [9.17, 15) is 14.4 Å². The molecule has 200 valence electrons. The van der Waals surface area contributed by atoms with Gasteiger partial charge < -0.3 is 36.4 Å². The fourth-order valence-electron chi connectivity index (χ4n) is 0.771. The van der Waals surface area contributed by atoms with Gasteiger partial charge in [-0.25, -0.2) is 0 Å². The molecule has 0 aromatic carbocycles. The van der Waals surface area contributed by atoms with Crippen LogP contribution in [0.3, 0.4) is 0 Å². The number of carbonyl (C=O) groups is 3. The number of aliphatic carboxylic acids is 3. The molecule has 4 unspecified atom stereocenters. The summed E-state index contributed by atoms with van der Waals surface area (Å²) < 4.78 is 0. The van der Waals surface area contributed by atoms with Crippen molar-refractivity contribution in [1.82, 2.24) is 16.0 Å². The maximum atomic E-state index is 9.37. The maximum absolute atomic E-state index is 9.37. The molecule has 3 heterocycles. The van der Waals surface area contributed by atoms with Gasteiger partial charge in [-0.05, 0) is 34.1 Å². The van der Waals surface area contributed by atoms with Crippen molar-refractivity contribution < 1.29 is 34.8 Å². The second kappa shape index (κ2) is 28.3. The van der Waals surface area contributed by atoms with Gasteiger partial charge >= 0.3 is 17.9 Å². The molecule has 4 atom stereocenters. The molecule has 0 spiro atoms. The van der Waals surface area contributed by atoms with E-state index in [2.05, 4.69) is 43.6 Å². The fourth-order valence-corrected chi connectivity index (χ4v) is 0.771. The van der Waals surface area contributed by atoms with Gasteiger partial charge in [-0.15, -0.1) is 0 Å². The number of hydrogen-bond donors (Lipinski definition) is 7. The SMILES string of the molecule is CC1CN1.CC1CN1.CC1CN1.CCC(=O)O.CCC(=O)O.CCC(=O)O.CCCC(C)O. The zero-order valence-corrected chi connectivity index (χ0v) is 22.0. The highest BCUT2D eigenvalue weighted by molar-refractivity contribution is 5.66. The van der Waals surface area contributed by atoms with Crippen LogP contribution in [0.25, 0.3) is 0 Å². The Morgan fingerprint density at radius 2 is 0.848 bits per heavy atom. The molecule has 10 heteroatoms. The minimum atomic E-state index is -0.745. The summed E-state index contributed by atoms with van der Waals surface area (Å²) in [6.45, 7) is 18.9. The predicted octanol–water partition coefficient (Wildman–Crippen LogP) is 2.54. The van der Waals surface area contributed by atoms with Gasteiger partial charge in [0.05, 0.1) is 6.10 Å². The summed E-state index contributed by atoms with van der Waals surface area (Å²) in [6.07, 6.45) is 2.58. The van der Waals surface area contributed by atoms with E-state index in [0.29, 0.717) is 0 Å². The Balaban J connectivity index is -0.000000149. The predicted molar refractivity (Wildman–Crippen MR) is 133 cm³/mol. The second-order valence-corrected chi connectivity index (χ2v) is 7.81. The van der Waals surface area contributed by atoms with Crippen LogP contribution in [0.5, 0.6) is 0 Å². The zero-order chi connectivity index (χ0) is 26.8. The normalized spacial score (nSPS) is 20.5. The van der Waals surface area contributed by atoms with Crippen LogP contribution in [0.4, 0.5) is 0 Å². The van der Waals surface area contributed by atoms with Crippen LogP contribution in [-0.2, 0) is 14.4 Å². The van der Waals surface area contributed by atoms with E-state index >= 15 is 0 Å². The number of aliphatic hydroxyl groups excluding tert-OH is 1. The van der Waals surface area contributed by atoms with Crippen LogP contribution < -0.4 is 16.0 Å². The smallest absolute Gasteiger partial charge is 0.303 e. The van der Waals surface area contributed by atoms with Crippen molar-refractivity contribution in [3.8, 4) is 0 Å². The molecule has 3 aliphatic heterocycles. The van der Waals surface area contributed by atoms with Gasteiger partial charge in [-0.3, -0.25) is 14.4 Å². The van der Waals surface area contributed by atoms with Gasteiger partial charge in [0.2, 0.25) is 0 Å². The summed E-state index contributed by atoms with van der Waals surface area (Å²) in [4.78, 5) is 28.1. The molecule has 0 amide bonds. The highest BCUT2D eigenvalue weighted by Crippen LogP contribution is 1.91. The van der Waals surface area contributed by atoms with Gasteiger partial charge in [0.1, 0.15) is 0 Å². The Morgan fingerprint density at radius 1 is 0.697 bits per heavy atom. The molecule has 0 saturated carbocycles. The molecule has 3 rings (SSSR count). The summed E-state index contributed by atoms with van der Waals surface area (Å²) in [5, 5.41) is 41.0. The molecule has 3 fully saturated rings. The van der Waals surface area contributed by atoms with Crippen LogP contribution in [0.1, 0.15) is 87.5 Å². The third-order valence-corrected chi connectivity index (χ3v) is 3.45. The van der Waals surface area contributed by atoms with Gasteiger partial charge in [-0.1, -0.05) is 34.1 Å². The van der Waals surface area contributed by atoms with E-state index in [1.807, 2.05) is 6.92 Å². The van der Waals surface area contributed by atoms with Crippen molar-refractivity contribution >= 4 is 17.9 Å². The molecule has 0 radical (unpaired) electrons. The van der Waals surface area contributed by atoms with Crippen LogP contribution in [0.2, 0.25) is 0 Å². The lowest BCUT2D eigenvalue weighted by Crippen LogP contribution is -1.95. The average molecular weight is 482 g/mol. The van der Waals surface area contributed by atoms with Crippen LogP contribution in [-0.4, -0.2) is 82.2 Å². The van der Waals surface area contributed by atoms with E-state index in [4.69, 9.17) is 20.4 Å². The molecule has 0 aliphatic carbocycles. The first-order valence-corrected chi connectivity index (χ1v) is 11.8. The number of hydrogen-bond acceptors (Lipinski definition) is 7. The number of aliphatic hydroxyl groups is 1. The molecule has 3 aliphatic rings. The molecule has 3 saturated heterocycles. The third kappa shape index (κ3) is 91.4. The van der Waals surface area contributed by atoms with Crippen molar-refractivity contribution in [3.05, 3.63) is 0 Å². The van der Waals surface area contributed by atoms with E-state index in [1.165, 1.54) is 19.6 Å². The summed E-state index contributed by atoms with van der Waals surface area (Å²) in [7, 11) is 0. The Bertz CT molecular complexity index is 394. The van der Waals surface area contributed by atoms with E-state index in [1.54, 1.807) is 20.8 Å². The van der Waals surface area contributed by atoms with E-state index in [0.717, 1.165) is 31.0 Å². The highest BCUT2D eigenvalue weighted by atomic mass is 16.4. The summed E-state index contributed by atoms with van der Waals surface area (Å²) in [6, 6.07) is 2.50. The summed E-state index contributed by atoms with van der Waals surface area (Å²) in [5.74, 6) is -2.24. The maximum Gasteiger partial charge on any atom is 0.303 e. The summed E-state index contributed by atoms with van der Waals surface area (Å²) >= 11 is 0. The number of carboxylic acid groups (broad SMARTS) is 3. The van der Waals surface area contributed by atoms with Crippen molar-refractivity contribution in [3.63, 3.8) is 0 Å². The molecular formula is C23H51N3O7. The number of carboxylic acids is 3. The minimum absolute atomic E-state index is 0.102. The van der Waals surface area contributed by atoms with Crippen molar-refractivity contribution in [1.29, 1.82) is 0 Å². The molecule has 0 bridgehead atoms. The van der Waals surface area contributed by atoms with Crippen molar-refractivity contribution in [2.75, 3.05) is 19.6 Å². The van der Waals surface area contributed by atoms with Gasteiger partial charge in [0.15, 0.2) is 0 Å². The molecule has 0 aromatic rings.